The van der Waals surface area contributed by atoms with Crippen molar-refractivity contribution >= 4 is 142 Å². The fourth-order valence-corrected chi connectivity index (χ4v) is 12.2. The number of nitrogens with zero attached hydrogens (tertiary/aromatic N) is 15. The van der Waals surface area contributed by atoms with Crippen LogP contribution >= 0.6 is 91.5 Å². The molecule has 0 spiro atoms. The van der Waals surface area contributed by atoms with Gasteiger partial charge in [0.2, 0.25) is 36.8 Å². The molecule has 0 aromatic carbocycles. The van der Waals surface area contributed by atoms with Crippen molar-refractivity contribution < 1.29 is 74.4 Å². The number of carboxylic acids is 1. The maximum atomic E-state index is 12.4. The van der Waals surface area contributed by atoms with Crippen LogP contribution in [0.1, 0.15) is 132 Å². The maximum Gasteiger partial charge on any atom is 0.436 e. The first kappa shape index (κ1) is 79.4. The number of amides is 4. The molecule has 2 aliphatic heterocycles. The average molecular weight is 1480 g/mol. The largest absolute Gasteiger partial charge is 0.480 e. The number of imidazole rings is 2. The van der Waals surface area contributed by atoms with E-state index in [4.69, 9.17) is 64.6 Å². The highest BCUT2D eigenvalue weighted by molar-refractivity contribution is 7.17. The van der Waals surface area contributed by atoms with E-state index in [0.29, 0.717) is 57.3 Å². The second-order valence-corrected chi connectivity index (χ2v) is 28.1. The highest BCUT2D eigenvalue weighted by Crippen LogP contribution is 2.32. The van der Waals surface area contributed by atoms with Crippen molar-refractivity contribution in [2.75, 3.05) is 44.4 Å². The number of anilines is 2. The van der Waals surface area contributed by atoms with Crippen molar-refractivity contribution in [1.82, 2.24) is 69.2 Å². The Bertz CT molecular complexity index is 3560. The number of fused-ring (bicyclic) bond motifs is 2. The molecule has 93 heavy (non-hydrogen) atoms. The Hall–Kier alpha value is -6.00. The SMILES string of the molecule is CCc1nn(CC(=O)O)c(=NC(=O)OC(C)(C)C)s1.CCc1nnc(N)s1.CCc1nnc(NC(=O)OC(C)(C)C)s1.COCc1nn2c(CN3CC(CCC(F)(F)F)CC3=O)c(Cl)nc2s1.COCc1nn2cc(Cl)nc2s1.O=C1CC(CCC(F)(F)F)CN1CCl. The number of aryl methyl sites for hydroxylation is 3. The minimum Gasteiger partial charge on any atom is -0.480 e. The lowest BCUT2D eigenvalue weighted by Gasteiger charge is -2.18. The predicted octanol–water partition coefficient (Wildman–Crippen LogP) is 11.8. The minimum absolute atomic E-state index is 0.0165. The number of aromatic nitrogens is 12. The van der Waals surface area contributed by atoms with E-state index in [-0.39, 0.29) is 84.9 Å². The molecule has 2 unspecified atom stereocenters. The summed E-state index contributed by atoms with van der Waals surface area (Å²) in [6.07, 6.45) is -6.91. The van der Waals surface area contributed by atoms with Crippen LogP contribution in [0, 0.1) is 11.8 Å². The zero-order valence-electron chi connectivity index (χ0n) is 52.4. The van der Waals surface area contributed by atoms with Crippen LogP contribution in [0.25, 0.3) is 9.92 Å². The van der Waals surface area contributed by atoms with Gasteiger partial charge >= 0.3 is 30.5 Å². The number of nitrogen functional groups attached to an aromatic ring is 1. The normalized spacial score (nSPS) is 15.2. The lowest BCUT2D eigenvalue weighted by Crippen LogP contribution is -2.27. The summed E-state index contributed by atoms with van der Waals surface area (Å²) in [5, 5.41) is 45.0. The van der Waals surface area contributed by atoms with Gasteiger partial charge in [0.25, 0.3) is 0 Å². The average Bonchev–Trinajstić information content (AvgIpc) is 1.64. The summed E-state index contributed by atoms with van der Waals surface area (Å²) in [7, 11) is 3.19. The predicted molar refractivity (Wildman–Crippen MR) is 340 cm³/mol. The third kappa shape index (κ3) is 29.3. The second kappa shape index (κ2) is 36.8. The quantitative estimate of drug-likeness (QED) is 0.0433. The highest BCUT2D eigenvalue weighted by atomic mass is 35.5. The number of carbonyl (C=O) groups excluding carboxylic acids is 4. The molecule has 2 atom stereocenters. The number of carbonyl (C=O) groups is 5. The van der Waals surface area contributed by atoms with Crippen molar-refractivity contribution in [2.24, 2.45) is 16.8 Å². The molecule has 41 heteroatoms. The topological polar surface area (TPSA) is 329 Å². The van der Waals surface area contributed by atoms with Crippen LogP contribution in [-0.4, -0.2) is 161 Å². The van der Waals surface area contributed by atoms with Gasteiger partial charge in [0.05, 0.1) is 32.0 Å². The summed E-state index contributed by atoms with van der Waals surface area (Å²) in [5.41, 5.74) is 4.71. The van der Waals surface area contributed by atoms with Crippen molar-refractivity contribution in [2.45, 2.75) is 170 Å². The number of methoxy groups -OCH3 is 2. The van der Waals surface area contributed by atoms with Crippen LogP contribution in [0.15, 0.2) is 11.2 Å². The number of hydrogen-bond donors (Lipinski definition) is 3. The Labute approximate surface area is 564 Å². The lowest BCUT2D eigenvalue weighted by atomic mass is 10.0. The number of nitrogens with two attached hydrogens (primary N) is 1. The molecular weight excluding hydrogens is 1400 g/mol. The first-order valence-electron chi connectivity index (χ1n) is 28.2. The fraction of sp³-hybridized carbons (Fsp3) is 0.635. The third-order valence-corrected chi connectivity index (χ3v) is 17.1. The smallest absolute Gasteiger partial charge is 0.436 e. The molecule has 27 nitrogen and oxygen atoms in total. The van der Waals surface area contributed by atoms with Crippen LogP contribution in [0.2, 0.25) is 10.3 Å². The molecule has 9 heterocycles. The standard InChI is InChI=1S/C14H16ClF3N4O2S.C11H17N3O4S.C9H15N3O2S.C8H11ClF3NO.C6H6ClN3OS.C4H7N3S/c1-24-7-10-20-22-9(12(15)19-13(22)25-10)6-21-5-8(4-11(21)23)2-3-14(16,17)18;1-5-7-13-14(6-8(15)16)9(19-7)12-10(17)18-11(2,3)4;1-5-6-11-12-7(15-6)10-8(13)14-9(2,3)4;9-5-13-4-6(3-7(13)14)1-2-8(10,11)12;1-11-3-5-9-10-2-4(7)8-6(10)12-5;1-2-3-6-7-4(5)8-3/h8H,2-7H2,1H3;5-6H2,1-4H3,(H,15,16);5H2,1-4H3,(H,10,12,13);6H,1-5H2;2H,3H2,1H3;2H2,1H3,(H2,5,7). The highest BCUT2D eigenvalue weighted by Gasteiger charge is 2.36. The number of aliphatic carboxylic acids is 1. The molecule has 9 rings (SSSR count). The van der Waals surface area contributed by atoms with E-state index < -0.39 is 54.6 Å². The minimum atomic E-state index is -4.20. The summed E-state index contributed by atoms with van der Waals surface area (Å²) < 4.78 is 97.2. The number of likely N-dealkylation sites (tertiary alicyclic amines) is 2. The van der Waals surface area contributed by atoms with Gasteiger partial charge in [0.1, 0.15) is 48.5 Å². The number of hydrogen-bond acceptors (Lipinski definition) is 24. The van der Waals surface area contributed by atoms with Gasteiger partial charge in [0.15, 0.2) is 10.3 Å². The van der Waals surface area contributed by atoms with Crippen LogP contribution in [0.3, 0.4) is 0 Å². The summed E-state index contributed by atoms with van der Waals surface area (Å²) in [4.78, 5) is 73.4. The molecule has 0 aliphatic carbocycles. The number of alkyl halides is 7. The van der Waals surface area contributed by atoms with Gasteiger partial charge in [-0.05, 0) is 85.5 Å². The van der Waals surface area contributed by atoms with Crippen molar-refractivity contribution in [3.63, 3.8) is 0 Å². The molecule has 0 bridgehead atoms. The number of halogens is 9. The molecule has 0 radical (unpaired) electrons. The van der Waals surface area contributed by atoms with E-state index >= 15 is 0 Å². The molecule has 4 N–H and O–H groups in total. The van der Waals surface area contributed by atoms with Gasteiger partial charge < -0.3 is 39.6 Å². The van der Waals surface area contributed by atoms with Crippen LogP contribution in [0.5, 0.6) is 0 Å². The fourth-order valence-electron chi connectivity index (χ4n) is 7.72. The van der Waals surface area contributed by atoms with Crippen LogP contribution < -0.4 is 15.9 Å². The molecule has 2 aliphatic rings. The van der Waals surface area contributed by atoms with E-state index in [1.54, 1.807) is 50.2 Å². The Kier molecular flexibility index (Phi) is 31.4. The summed E-state index contributed by atoms with van der Waals surface area (Å²) >= 11 is 24.0. The molecule has 7 aromatic rings. The molecule has 2 saturated heterocycles. The second-order valence-electron chi connectivity index (χ2n) is 21.8. The van der Waals surface area contributed by atoms with E-state index in [0.717, 1.165) is 37.8 Å². The van der Waals surface area contributed by atoms with Gasteiger partial charge in [-0.1, -0.05) is 101 Å². The van der Waals surface area contributed by atoms with Crippen LogP contribution in [0.4, 0.5) is 46.2 Å². The van der Waals surface area contributed by atoms with Gasteiger partial charge in [0, 0.05) is 53.0 Å². The summed E-state index contributed by atoms with van der Waals surface area (Å²) in [6.45, 7) is 17.9. The Morgan fingerprint density at radius 2 is 1.25 bits per heavy atom. The third-order valence-electron chi connectivity index (χ3n) is 11.6. The molecule has 518 valence electrons. The molecular formula is C52H72Cl3F6N17O10S5. The van der Waals surface area contributed by atoms with Crippen molar-refractivity contribution in [3.8, 4) is 0 Å². The molecule has 0 saturated carbocycles. The van der Waals surface area contributed by atoms with Crippen LogP contribution in [-0.2, 0) is 78.9 Å². The molecule has 2 fully saturated rings. The van der Waals surface area contributed by atoms with Gasteiger partial charge in [-0.2, -0.15) is 41.6 Å². The Balaban J connectivity index is 0.000000245. The van der Waals surface area contributed by atoms with Gasteiger partial charge in [-0.15, -0.1) is 37.0 Å². The van der Waals surface area contributed by atoms with E-state index in [1.807, 2.05) is 41.5 Å². The Morgan fingerprint density at radius 3 is 1.72 bits per heavy atom. The molecule has 7 aromatic heterocycles. The van der Waals surface area contributed by atoms with Crippen molar-refractivity contribution in [1.29, 1.82) is 0 Å². The maximum absolute atomic E-state index is 12.4. The van der Waals surface area contributed by atoms with E-state index in [1.165, 1.54) is 71.2 Å². The van der Waals surface area contributed by atoms with Gasteiger partial charge in [-0.25, -0.2) is 33.3 Å². The summed E-state index contributed by atoms with van der Waals surface area (Å²) in [5.74, 6) is -1.85. The first-order chi connectivity index (χ1) is 43.4. The first-order valence-corrected chi connectivity index (χ1v) is 33.5. The Morgan fingerprint density at radius 1 is 0.710 bits per heavy atom. The van der Waals surface area contributed by atoms with Gasteiger partial charge in [-0.3, -0.25) is 19.7 Å². The van der Waals surface area contributed by atoms with Crippen molar-refractivity contribution in [3.05, 3.63) is 52.0 Å². The summed E-state index contributed by atoms with van der Waals surface area (Å²) in [6, 6.07) is 0.0708. The molecule has 4 amide bonds. The monoisotopic (exact) mass is 1470 g/mol. The number of ether oxygens (including phenoxy) is 4. The van der Waals surface area contributed by atoms with E-state index in [9.17, 15) is 50.3 Å². The number of carboxylic acid groups (broad SMARTS) is 1. The van der Waals surface area contributed by atoms with E-state index in [2.05, 4.69) is 56.0 Å². The zero-order chi connectivity index (χ0) is 69.6. The number of rotatable bonds is 17. The lowest BCUT2D eigenvalue weighted by molar-refractivity contribution is -0.138. The zero-order valence-corrected chi connectivity index (χ0v) is 58.7. The number of nitrogens with one attached hydrogen (secondary N) is 1.